The molecule has 0 bridgehead atoms. The maximum atomic E-state index is 12.6. The van der Waals surface area contributed by atoms with Gasteiger partial charge in [0.2, 0.25) is 0 Å². The number of nitrogens with zero attached hydrogens (tertiary/aromatic N) is 2. The highest BCUT2D eigenvalue weighted by molar-refractivity contribution is 7.00. The topological polar surface area (TPSA) is 167 Å². The van der Waals surface area contributed by atoms with Crippen LogP contribution in [0.5, 0.6) is 0 Å². The van der Waals surface area contributed by atoms with E-state index in [0.717, 1.165) is 16.8 Å². The van der Waals surface area contributed by atoms with Gasteiger partial charge in [-0.3, -0.25) is 28.7 Å². The van der Waals surface area contributed by atoms with E-state index < -0.39 is 58.2 Å². The van der Waals surface area contributed by atoms with E-state index in [2.05, 4.69) is 131 Å². The second-order valence-electron chi connectivity index (χ2n) is 19.9. The molecule has 6 atom stereocenters. The van der Waals surface area contributed by atoms with E-state index in [1.54, 1.807) is 27.0 Å². The monoisotopic (exact) mass is 989 g/mol. The van der Waals surface area contributed by atoms with Crippen molar-refractivity contribution in [2.24, 2.45) is 0 Å². The fourth-order valence-electron chi connectivity index (χ4n) is 9.95. The normalized spacial score (nSPS) is 20.7. The van der Waals surface area contributed by atoms with E-state index in [4.69, 9.17) is 19.7 Å². The van der Waals surface area contributed by atoms with Gasteiger partial charge in [-0.05, 0) is 51.1 Å². The van der Waals surface area contributed by atoms with Crippen molar-refractivity contribution in [2.75, 3.05) is 6.61 Å². The molecule has 2 aromatic heterocycles. The lowest BCUT2D eigenvalue weighted by atomic mass is 10.1. The summed E-state index contributed by atoms with van der Waals surface area (Å²) in [7, 11) is -5.63. The largest absolute Gasteiger partial charge is 0.402 e. The predicted molar refractivity (Wildman–Crippen MR) is 283 cm³/mol. The number of nitrogens with one attached hydrogen (secondary N) is 2. The van der Waals surface area contributed by atoms with Gasteiger partial charge in [-0.25, -0.2) is 9.59 Å². The second kappa shape index (κ2) is 22.7. The fraction of sp³-hybridized carbons (Fsp3) is 0.418. The SMILES string of the molecule is CC[C@H]1O[C@@H](n2cc(C)c(=O)[nH]c2=O)CC1O[Si](c1ccccc1)(c1ccccc1)C(C)(C)C.Cc1cn([C@H]2CC(O[Si](c3ccccc3)(c3ccccc3)C(C)(C)C)[C@@H](CO)O2)c(=O)[nH]c1=O.[2H]CC. The standard InChI is InChI=1S/C27H34N2O4Si.C26H32N2O5Si.C2H6/c1-6-22-23(17-24(32-22)29-18-19(2)25(30)28-26(29)31)33-34(27(3,4)5,20-13-9-7-10-14-20)21-15-11-8-12-16-21;1-18-16-28(25(31)27-24(18)30)23-15-21(22(17-29)32-23)33-34(26(2,3)4,19-11-7-5-8-12-19)20-13-9-6-10-14-20;1-2/h7-16,18,22-24H,6,17H2,1-5H3,(H,28,30,31);5-14,16,21-23,29H,15,17H2,1-4H3,(H,27,30,31);1-2H3/t22-,23?,24-;21?,22-,23-;/m11./s1/i;;1D. The summed E-state index contributed by atoms with van der Waals surface area (Å²) < 4.78 is 36.0. The Morgan fingerprint density at radius 1 is 0.600 bits per heavy atom. The van der Waals surface area contributed by atoms with Gasteiger partial charge in [-0.15, -0.1) is 0 Å². The van der Waals surface area contributed by atoms with E-state index in [-0.39, 0.29) is 34.5 Å². The minimum atomic E-state index is -2.87. The number of rotatable bonds is 12. The van der Waals surface area contributed by atoms with E-state index in [9.17, 15) is 24.3 Å². The summed E-state index contributed by atoms with van der Waals surface area (Å²) in [4.78, 5) is 53.5. The molecule has 0 amide bonds. The van der Waals surface area contributed by atoms with Crippen LogP contribution in [0.2, 0.25) is 10.1 Å². The van der Waals surface area contributed by atoms with Gasteiger partial charge >= 0.3 is 11.4 Å². The van der Waals surface area contributed by atoms with Crippen LogP contribution >= 0.6 is 0 Å². The van der Waals surface area contributed by atoms with Gasteiger partial charge < -0.3 is 23.4 Å². The highest BCUT2D eigenvalue weighted by Crippen LogP contribution is 2.43. The summed E-state index contributed by atoms with van der Waals surface area (Å²) in [6.45, 7) is 20.8. The van der Waals surface area contributed by atoms with Crippen LogP contribution in [0.1, 0.15) is 107 Å². The lowest BCUT2D eigenvalue weighted by Gasteiger charge is -2.45. The van der Waals surface area contributed by atoms with Gasteiger partial charge in [0, 0.05) is 37.7 Å². The molecule has 0 radical (unpaired) electrons. The number of benzene rings is 4. The Morgan fingerprint density at radius 3 is 1.19 bits per heavy atom. The molecule has 0 saturated carbocycles. The van der Waals surface area contributed by atoms with Gasteiger partial charge in [-0.2, -0.15) is 0 Å². The van der Waals surface area contributed by atoms with Crippen molar-refractivity contribution >= 4 is 37.4 Å². The van der Waals surface area contributed by atoms with Gasteiger partial charge in [0.1, 0.15) is 18.6 Å². The van der Waals surface area contributed by atoms with E-state index in [1.807, 2.05) is 48.5 Å². The number of hydrogen-bond acceptors (Lipinski definition) is 9. The molecule has 8 rings (SSSR count). The third kappa shape index (κ3) is 11.0. The zero-order chi connectivity index (χ0) is 51.7. The number of aromatic nitrogens is 4. The molecular formula is C55H72N4O9Si2. The van der Waals surface area contributed by atoms with Crippen molar-refractivity contribution in [3.8, 4) is 0 Å². The molecule has 70 heavy (non-hydrogen) atoms. The van der Waals surface area contributed by atoms with Crippen molar-refractivity contribution < 1.29 is 24.8 Å². The number of aryl methyl sites for hydroxylation is 2. The van der Waals surface area contributed by atoms with Crippen LogP contribution < -0.4 is 43.2 Å². The highest BCUT2D eigenvalue weighted by Gasteiger charge is 2.55. The smallest absolute Gasteiger partial charge is 0.330 e. The summed E-state index contributed by atoms with van der Waals surface area (Å²) in [5.41, 5.74) is -0.887. The van der Waals surface area contributed by atoms with E-state index in [0.29, 0.717) is 30.9 Å². The summed E-state index contributed by atoms with van der Waals surface area (Å²) in [6.07, 6.45) is 2.22. The van der Waals surface area contributed by atoms with Gasteiger partial charge in [0.05, 0.1) is 24.9 Å². The van der Waals surface area contributed by atoms with Crippen molar-refractivity contribution in [2.45, 2.75) is 142 Å². The quantitative estimate of drug-likeness (QED) is 0.115. The van der Waals surface area contributed by atoms with Crippen molar-refractivity contribution in [3.63, 3.8) is 0 Å². The zero-order valence-electron chi connectivity index (χ0n) is 43.3. The molecule has 2 aliphatic heterocycles. The molecule has 2 aliphatic rings. The van der Waals surface area contributed by atoms with Gasteiger partial charge in [0.15, 0.2) is 0 Å². The fourth-order valence-corrected chi connectivity index (χ4v) is 19.4. The molecule has 6 aromatic rings. The average Bonchev–Trinajstić information content (AvgIpc) is 3.96. The molecule has 13 nitrogen and oxygen atoms in total. The lowest BCUT2D eigenvalue weighted by Crippen LogP contribution is -2.68. The van der Waals surface area contributed by atoms with Crippen molar-refractivity contribution in [1.82, 2.24) is 19.1 Å². The Bertz CT molecular complexity index is 2610. The highest BCUT2D eigenvalue weighted by atomic mass is 28.4. The Labute approximate surface area is 415 Å². The molecule has 0 spiro atoms. The summed E-state index contributed by atoms with van der Waals surface area (Å²) >= 11 is 0. The third-order valence-corrected chi connectivity index (χ3v) is 23.5. The molecule has 2 fully saturated rings. The minimum Gasteiger partial charge on any atom is -0.402 e. The molecule has 374 valence electrons. The molecule has 15 heteroatoms. The van der Waals surface area contributed by atoms with E-state index >= 15 is 0 Å². The Kier molecular flexibility index (Phi) is 17.0. The lowest BCUT2D eigenvalue weighted by molar-refractivity contribution is -0.0434. The van der Waals surface area contributed by atoms with Crippen LogP contribution in [0.4, 0.5) is 0 Å². The molecule has 3 N–H and O–H groups in total. The van der Waals surface area contributed by atoms with Crippen LogP contribution in [0.3, 0.4) is 0 Å². The van der Waals surface area contributed by atoms with Crippen LogP contribution in [0.25, 0.3) is 0 Å². The number of hydrogen-bond donors (Lipinski definition) is 3. The van der Waals surface area contributed by atoms with Crippen molar-refractivity contribution in [1.29, 1.82) is 0 Å². The second-order valence-corrected chi connectivity index (χ2v) is 28.4. The van der Waals surface area contributed by atoms with Gasteiger partial charge in [-0.1, -0.05) is 184 Å². The first-order chi connectivity index (χ1) is 33.8. The van der Waals surface area contributed by atoms with Crippen LogP contribution in [0, 0.1) is 13.8 Å². The molecule has 4 aromatic carbocycles. The Hall–Kier alpha value is -5.53. The van der Waals surface area contributed by atoms with Gasteiger partial charge in [0.25, 0.3) is 27.8 Å². The van der Waals surface area contributed by atoms with Crippen LogP contribution in [-0.2, 0) is 18.3 Å². The first-order valence-electron chi connectivity index (χ1n) is 24.9. The number of aromatic amines is 2. The maximum absolute atomic E-state index is 12.6. The average molecular weight is 990 g/mol. The third-order valence-electron chi connectivity index (χ3n) is 13.3. The summed E-state index contributed by atoms with van der Waals surface area (Å²) in [5.74, 6) is 0. The predicted octanol–water partition coefficient (Wildman–Crippen LogP) is 6.58. The molecular weight excluding hydrogens is 917 g/mol. The van der Waals surface area contributed by atoms with Crippen molar-refractivity contribution in [3.05, 3.63) is 187 Å². The number of aliphatic hydroxyl groups is 1. The summed E-state index contributed by atoms with van der Waals surface area (Å²) in [6, 6.07) is 41.6. The number of H-pyrrole nitrogens is 2. The summed E-state index contributed by atoms with van der Waals surface area (Å²) in [5, 5.41) is 14.5. The maximum Gasteiger partial charge on any atom is 0.330 e. The number of ether oxygens (including phenoxy) is 2. The molecule has 0 aliphatic carbocycles. The van der Waals surface area contributed by atoms with E-state index in [1.165, 1.54) is 25.7 Å². The number of aliphatic hydroxyl groups excluding tert-OH is 1. The molecule has 2 saturated heterocycles. The molecule has 4 heterocycles. The Balaban J connectivity index is 0.000000220. The van der Waals surface area contributed by atoms with Crippen LogP contribution in [0.15, 0.2) is 153 Å². The minimum absolute atomic E-state index is 0.155. The van der Waals surface area contributed by atoms with Crippen LogP contribution in [-0.4, -0.2) is 71.9 Å². The Morgan fingerprint density at radius 2 is 0.900 bits per heavy atom. The zero-order valence-corrected chi connectivity index (χ0v) is 44.3. The first kappa shape index (κ1) is 52.3. The first-order valence-corrected chi connectivity index (χ1v) is 28.0. The molecule has 2 unspecified atom stereocenters.